The van der Waals surface area contributed by atoms with Crippen molar-refractivity contribution in [3.63, 3.8) is 0 Å². The van der Waals surface area contributed by atoms with Gasteiger partial charge in [0.05, 0.1) is 5.88 Å². The zero-order valence-electron chi connectivity index (χ0n) is 9.30. The Morgan fingerprint density at radius 3 is 2.29 bits per heavy atom. The van der Waals surface area contributed by atoms with E-state index < -0.39 is 18.2 Å². The van der Waals surface area contributed by atoms with Gasteiger partial charge >= 0.3 is 12.3 Å². The zero-order valence-corrected chi connectivity index (χ0v) is 10.1. The van der Waals surface area contributed by atoms with Gasteiger partial charge in [-0.1, -0.05) is 13.8 Å². The Morgan fingerprint density at radius 1 is 1.29 bits per heavy atom. The maximum atomic E-state index is 13.2. The summed E-state index contributed by atoms with van der Waals surface area (Å²) < 4.78 is 51.9. The molecule has 0 spiro atoms. The van der Waals surface area contributed by atoms with Crippen LogP contribution in [0.4, 0.5) is 17.6 Å². The van der Waals surface area contributed by atoms with E-state index in [1.54, 1.807) is 13.8 Å². The topological polar surface area (TPSA) is 30.7 Å². The minimum absolute atomic E-state index is 0.0137. The first-order valence-corrected chi connectivity index (χ1v) is 5.48. The smallest absolute Gasteiger partial charge is 0.308 e. The molecule has 0 aliphatic rings. The summed E-state index contributed by atoms with van der Waals surface area (Å²) in [7, 11) is 0. The summed E-state index contributed by atoms with van der Waals surface area (Å²) in [4.78, 5) is 0. The second-order valence-corrected chi connectivity index (χ2v) is 4.27. The number of aromatic nitrogens is 3. The number of nitrogens with zero attached hydrogens (tertiary/aromatic N) is 3. The van der Waals surface area contributed by atoms with Crippen LogP contribution in [0.25, 0.3) is 0 Å². The largest absolute Gasteiger partial charge is 0.365 e. The molecule has 0 aliphatic heterocycles. The highest BCUT2D eigenvalue weighted by molar-refractivity contribution is 6.16. The van der Waals surface area contributed by atoms with Crippen molar-refractivity contribution in [1.29, 1.82) is 0 Å². The van der Waals surface area contributed by atoms with E-state index in [2.05, 4.69) is 10.2 Å². The lowest BCUT2D eigenvalue weighted by atomic mass is 10.2. The van der Waals surface area contributed by atoms with E-state index in [4.69, 9.17) is 11.6 Å². The van der Waals surface area contributed by atoms with Gasteiger partial charge in [0.2, 0.25) is 5.82 Å². The molecule has 0 aromatic carbocycles. The van der Waals surface area contributed by atoms with E-state index >= 15 is 0 Å². The second kappa shape index (κ2) is 5.20. The highest BCUT2D eigenvalue weighted by Crippen LogP contribution is 2.34. The molecule has 0 unspecified atom stereocenters. The molecule has 0 N–H and O–H groups in total. The summed E-state index contributed by atoms with van der Waals surface area (Å²) >= 11 is 5.50. The third-order valence-corrected chi connectivity index (χ3v) is 2.31. The van der Waals surface area contributed by atoms with Gasteiger partial charge in [-0.15, -0.1) is 21.8 Å². The maximum Gasteiger partial charge on any atom is 0.365 e. The minimum Gasteiger partial charge on any atom is -0.308 e. The molecule has 0 atom stereocenters. The fourth-order valence-electron chi connectivity index (χ4n) is 1.34. The summed E-state index contributed by atoms with van der Waals surface area (Å²) in [5.41, 5.74) is 0. The molecule has 17 heavy (non-hydrogen) atoms. The monoisotopic (exact) mass is 273 g/mol. The average molecular weight is 274 g/mol. The van der Waals surface area contributed by atoms with E-state index in [0.717, 1.165) is 4.57 Å². The zero-order chi connectivity index (χ0) is 13.2. The van der Waals surface area contributed by atoms with E-state index in [1.165, 1.54) is 0 Å². The highest BCUT2D eigenvalue weighted by atomic mass is 35.5. The molecule has 0 fully saturated rings. The summed E-state index contributed by atoms with van der Waals surface area (Å²) in [6.45, 7) is 3.65. The SMILES string of the molecule is CC(C)Cn1c(CCl)nnc1C(F)(F)C(F)F. The molecule has 1 aromatic heterocycles. The molecule has 3 nitrogen and oxygen atoms in total. The Bertz CT molecular complexity index is 378. The van der Waals surface area contributed by atoms with Crippen LogP contribution in [0, 0.1) is 5.92 Å². The van der Waals surface area contributed by atoms with E-state index in [-0.39, 0.29) is 24.2 Å². The molecule has 98 valence electrons. The molecule has 1 aromatic rings. The van der Waals surface area contributed by atoms with Gasteiger partial charge in [0.15, 0.2) is 0 Å². The third-order valence-electron chi connectivity index (χ3n) is 2.07. The van der Waals surface area contributed by atoms with Crippen LogP contribution in [-0.2, 0) is 18.3 Å². The Balaban J connectivity index is 3.20. The molecule has 8 heteroatoms. The van der Waals surface area contributed by atoms with Gasteiger partial charge < -0.3 is 4.57 Å². The lowest BCUT2D eigenvalue weighted by molar-refractivity contribution is -0.143. The van der Waals surface area contributed by atoms with E-state index in [0.29, 0.717) is 0 Å². The number of alkyl halides is 5. The molecule has 0 bridgehead atoms. The van der Waals surface area contributed by atoms with Crippen molar-refractivity contribution in [2.24, 2.45) is 5.92 Å². The molecule has 0 aliphatic carbocycles. The predicted octanol–water partition coefficient (Wildman–Crippen LogP) is 3.03. The van der Waals surface area contributed by atoms with E-state index in [1.807, 2.05) is 0 Å². The molecular formula is C9H12ClF4N3. The third kappa shape index (κ3) is 2.88. The first-order valence-electron chi connectivity index (χ1n) is 4.95. The number of hydrogen-bond donors (Lipinski definition) is 0. The normalized spacial score (nSPS) is 12.8. The van der Waals surface area contributed by atoms with Crippen LogP contribution in [0.1, 0.15) is 25.5 Å². The summed E-state index contributed by atoms with van der Waals surface area (Å²) in [6, 6.07) is 0. The van der Waals surface area contributed by atoms with Crippen LogP contribution in [0.2, 0.25) is 0 Å². The Hall–Kier alpha value is -0.850. The van der Waals surface area contributed by atoms with Gasteiger partial charge in [0.25, 0.3) is 0 Å². The molecule has 1 heterocycles. The first kappa shape index (κ1) is 14.2. The summed E-state index contributed by atoms with van der Waals surface area (Å²) in [5, 5.41) is 6.54. The van der Waals surface area contributed by atoms with Crippen molar-refractivity contribution in [2.75, 3.05) is 0 Å². The fourth-order valence-corrected chi connectivity index (χ4v) is 1.53. The second-order valence-electron chi connectivity index (χ2n) is 4.00. The van der Waals surface area contributed by atoms with Crippen molar-refractivity contribution in [3.05, 3.63) is 11.6 Å². The van der Waals surface area contributed by atoms with Gasteiger partial charge in [0.1, 0.15) is 5.82 Å². The van der Waals surface area contributed by atoms with Crippen LogP contribution in [0.3, 0.4) is 0 Å². The predicted molar refractivity (Wildman–Crippen MR) is 54.3 cm³/mol. The van der Waals surface area contributed by atoms with Crippen LogP contribution < -0.4 is 0 Å². The van der Waals surface area contributed by atoms with Gasteiger partial charge in [-0.3, -0.25) is 0 Å². The van der Waals surface area contributed by atoms with Crippen LogP contribution >= 0.6 is 11.6 Å². The molecule has 0 radical (unpaired) electrons. The Labute approximate surface area is 101 Å². The molecular weight excluding hydrogens is 262 g/mol. The molecule has 0 saturated carbocycles. The van der Waals surface area contributed by atoms with Crippen LogP contribution in [0.5, 0.6) is 0 Å². The van der Waals surface area contributed by atoms with Gasteiger partial charge in [-0.25, -0.2) is 8.78 Å². The van der Waals surface area contributed by atoms with Gasteiger partial charge in [0, 0.05) is 6.54 Å². The molecule has 0 saturated heterocycles. The van der Waals surface area contributed by atoms with Crippen molar-refractivity contribution in [1.82, 2.24) is 14.8 Å². The van der Waals surface area contributed by atoms with Gasteiger partial charge in [-0.2, -0.15) is 8.78 Å². The standard InChI is InChI=1S/C9H12ClF4N3/c1-5(2)4-17-6(3-10)15-16-8(17)9(13,14)7(11)12/h5,7H,3-4H2,1-2H3. The quantitative estimate of drug-likeness (QED) is 0.610. The van der Waals surface area contributed by atoms with Crippen LogP contribution in [0.15, 0.2) is 0 Å². The average Bonchev–Trinajstić information content (AvgIpc) is 2.60. The maximum absolute atomic E-state index is 13.2. The number of rotatable bonds is 5. The lowest BCUT2D eigenvalue weighted by Gasteiger charge is -2.17. The Morgan fingerprint density at radius 2 is 1.88 bits per heavy atom. The highest BCUT2D eigenvalue weighted by Gasteiger charge is 2.47. The lowest BCUT2D eigenvalue weighted by Crippen LogP contribution is -2.29. The Kier molecular flexibility index (Phi) is 4.35. The van der Waals surface area contributed by atoms with Crippen molar-refractivity contribution < 1.29 is 17.6 Å². The van der Waals surface area contributed by atoms with Crippen molar-refractivity contribution in [3.8, 4) is 0 Å². The first-order chi connectivity index (χ1) is 7.80. The fraction of sp³-hybridized carbons (Fsp3) is 0.778. The number of hydrogen-bond acceptors (Lipinski definition) is 2. The van der Waals surface area contributed by atoms with Gasteiger partial charge in [-0.05, 0) is 5.92 Å². The molecule has 1 rings (SSSR count). The minimum atomic E-state index is -4.31. The summed E-state index contributed by atoms with van der Waals surface area (Å²) in [6.07, 6.45) is -3.82. The van der Waals surface area contributed by atoms with Crippen LogP contribution in [-0.4, -0.2) is 21.2 Å². The van der Waals surface area contributed by atoms with E-state index in [9.17, 15) is 17.6 Å². The number of halogens is 5. The summed E-state index contributed by atoms with van der Waals surface area (Å²) in [5.74, 6) is -5.45. The van der Waals surface area contributed by atoms with Crippen molar-refractivity contribution >= 4 is 11.6 Å². The van der Waals surface area contributed by atoms with Crippen molar-refractivity contribution in [2.45, 2.75) is 38.6 Å². The molecule has 0 amide bonds.